The standard InChI is InChI=1S/C20H20FN6O2.Tl/c1-29-20(28)14-10-4-6-11(7-5-10)15(14)24-18-13(21)9-23-19(25-18)16-12-3-2-8-22-17(12)27-26-16;/h2-3,8-11,14-15H,4-7H2,1H3,(H-,22,23,24,25,26,27);/q-1;+1/t10?,11?,14-,15-;/m1./s1. The van der Waals surface area contributed by atoms with Crippen molar-refractivity contribution in [1.29, 1.82) is 0 Å². The van der Waals surface area contributed by atoms with E-state index >= 15 is 0 Å². The minimum absolute atomic E-state index is 0.105. The molecule has 0 aliphatic heterocycles. The van der Waals surface area contributed by atoms with Crippen molar-refractivity contribution in [3.8, 4) is 11.5 Å². The van der Waals surface area contributed by atoms with Gasteiger partial charge >= 0.3 is 189 Å². The molecule has 1 N–H and O–H groups in total. The molecule has 0 unspecified atom stereocenters. The Balaban J connectivity index is 1.52. The number of methoxy groups -OCH3 is 1. The number of hydrogen-bond donors (Lipinski definition) is 1. The van der Waals surface area contributed by atoms with Crippen LogP contribution in [0, 0.1) is 23.6 Å². The molecule has 3 saturated carbocycles. The van der Waals surface area contributed by atoms with Crippen molar-refractivity contribution in [2.75, 3.05) is 12.4 Å². The van der Waals surface area contributed by atoms with Crippen LogP contribution in [0.1, 0.15) is 25.7 Å². The number of halogens is 1. The number of carbonyl (C=O) groups excluding carboxylic acids is 1. The quantitative estimate of drug-likeness (QED) is 0.364. The number of hydrogen-bond acceptors (Lipinski definition) is 7. The van der Waals surface area contributed by atoms with Crippen molar-refractivity contribution < 1.29 is 13.9 Å². The topological polar surface area (TPSA) is 94.8 Å². The second-order valence-corrected chi connectivity index (χ2v) is 9.85. The van der Waals surface area contributed by atoms with Crippen LogP contribution in [-0.4, -0.2) is 67.7 Å². The summed E-state index contributed by atoms with van der Waals surface area (Å²) in [5.41, 5.74) is 1.36. The summed E-state index contributed by atoms with van der Waals surface area (Å²) < 4.78 is 21.6. The molecule has 0 saturated heterocycles. The van der Waals surface area contributed by atoms with E-state index in [2.05, 4.69) is 25.4 Å². The van der Waals surface area contributed by atoms with E-state index in [0.29, 0.717) is 43.5 Å². The van der Waals surface area contributed by atoms with Crippen LogP contribution < -0.4 is 5.32 Å². The van der Waals surface area contributed by atoms with Crippen molar-refractivity contribution >= 4 is 48.9 Å². The molecule has 3 heterocycles. The van der Waals surface area contributed by atoms with Crippen LogP contribution in [0.2, 0.25) is 0 Å². The van der Waals surface area contributed by atoms with Crippen molar-refractivity contribution in [3.63, 3.8) is 0 Å². The summed E-state index contributed by atoms with van der Waals surface area (Å²) in [6, 6.07) is 3.55. The molecule has 30 heavy (non-hydrogen) atoms. The van der Waals surface area contributed by atoms with Gasteiger partial charge in [0.1, 0.15) is 0 Å². The molecule has 0 spiro atoms. The number of anilines is 1. The van der Waals surface area contributed by atoms with E-state index in [1.54, 1.807) is 6.20 Å². The Morgan fingerprint density at radius 2 is 2.03 bits per heavy atom. The maximum atomic E-state index is 14.7. The Morgan fingerprint density at radius 3 is 2.80 bits per heavy atom. The number of ether oxygens (including phenoxy) is 1. The molecular weight excluding hydrogens is 580 g/mol. The summed E-state index contributed by atoms with van der Waals surface area (Å²) in [5, 5.41) is 8.63. The van der Waals surface area contributed by atoms with Crippen molar-refractivity contribution in [1.82, 2.24) is 22.5 Å². The minimum atomic E-state index is -0.543. The van der Waals surface area contributed by atoms with Crippen LogP contribution in [0.3, 0.4) is 0 Å². The predicted octanol–water partition coefficient (Wildman–Crippen LogP) is 2.35. The Bertz CT molecular complexity index is 1110. The van der Waals surface area contributed by atoms with E-state index in [0.717, 1.165) is 42.9 Å². The fraction of sp³-hybridized carbons (Fsp3) is 0.450. The number of carbonyl (C=O) groups is 1. The molecule has 0 radical (unpaired) electrons. The second kappa shape index (κ2) is 7.82. The number of pyridine rings is 1. The number of fused-ring (bicyclic) bond motifs is 4. The average molecular weight is 600 g/mol. The van der Waals surface area contributed by atoms with Gasteiger partial charge in [-0.1, -0.05) is 0 Å². The van der Waals surface area contributed by atoms with Crippen LogP contribution in [0.15, 0.2) is 24.5 Å². The van der Waals surface area contributed by atoms with Gasteiger partial charge in [-0.15, -0.1) is 0 Å². The zero-order valence-corrected chi connectivity index (χ0v) is 20.9. The number of aromatic nitrogens is 5. The van der Waals surface area contributed by atoms with Gasteiger partial charge in [0, 0.05) is 0 Å². The van der Waals surface area contributed by atoms with E-state index in [4.69, 9.17) is 4.74 Å². The Kier molecular flexibility index (Phi) is 5.15. The molecule has 0 amide bonds. The molecule has 0 aromatic carbocycles. The number of nitrogens with one attached hydrogen (secondary N) is 1. The summed E-state index contributed by atoms with van der Waals surface area (Å²) in [4.78, 5) is 25.5. The molecule has 3 aliphatic rings. The van der Waals surface area contributed by atoms with E-state index in [-0.39, 0.29) is 29.7 Å². The summed E-state index contributed by atoms with van der Waals surface area (Å²) >= 11 is 0.429. The third kappa shape index (κ3) is 3.26. The van der Waals surface area contributed by atoms with Crippen molar-refractivity contribution in [3.05, 3.63) is 30.3 Å². The molecule has 8 nitrogen and oxygen atoms in total. The molecular formula is C20H20FN6O2Tl. The van der Waals surface area contributed by atoms with Crippen LogP contribution in [0.5, 0.6) is 0 Å². The van der Waals surface area contributed by atoms with Gasteiger partial charge < -0.3 is 0 Å². The molecule has 2 atom stereocenters. The first-order valence-corrected chi connectivity index (χ1v) is 12.0. The molecule has 10 heteroatoms. The number of esters is 1. The van der Waals surface area contributed by atoms with E-state index in [1.807, 2.05) is 14.6 Å². The summed E-state index contributed by atoms with van der Waals surface area (Å²) in [6.45, 7) is 0. The van der Waals surface area contributed by atoms with Gasteiger partial charge in [0.25, 0.3) is 0 Å². The van der Waals surface area contributed by atoms with Crippen molar-refractivity contribution in [2.45, 2.75) is 31.7 Å². The van der Waals surface area contributed by atoms with Crippen LogP contribution in [0.4, 0.5) is 10.2 Å². The first kappa shape index (κ1) is 19.8. The Labute approximate surface area is 188 Å². The second-order valence-electron chi connectivity index (χ2n) is 7.95. The Hall–Kier alpha value is -2.18. The average Bonchev–Trinajstić information content (AvgIpc) is 3.12. The molecule has 152 valence electrons. The van der Waals surface area contributed by atoms with Crippen molar-refractivity contribution in [2.24, 2.45) is 17.8 Å². The molecule has 6 rings (SSSR count). The number of rotatable bonds is 4. The van der Waals surface area contributed by atoms with Gasteiger partial charge in [0.2, 0.25) is 0 Å². The molecule has 3 aromatic heterocycles. The van der Waals surface area contributed by atoms with Crippen LogP contribution >= 0.6 is 0 Å². The summed E-state index contributed by atoms with van der Waals surface area (Å²) in [6.07, 6.45) is 6.95. The third-order valence-corrected chi connectivity index (χ3v) is 7.82. The van der Waals surface area contributed by atoms with Gasteiger partial charge in [0.05, 0.1) is 0 Å². The van der Waals surface area contributed by atoms with Crippen LogP contribution in [-0.2, 0) is 9.53 Å². The maximum absolute atomic E-state index is 14.7. The summed E-state index contributed by atoms with van der Waals surface area (Å²) in [5.74, 6) is -0.0547. The van der Waals surface area contributed by atoms with E-state index < -0.39 is 5.82 Å². The van der Waals surface area contributed by atoms with Crippen LogP contribution in [0.25, 0.3) is 22.6 Å². The molecule has 3 fully saturated rings. The molecule has 2 bridgehead atoms. The third-order valence-electron chi connectivity index (χ3n) is 6.42. The zero-order chi connectivity index (χ0) is 20.8. The van der Waals surface area contributed by atoms with Gasteiger partial charge in [-0.05, 0) is 0 Å². The molecule has 3 aromatic rings. The fourth-order valence-electron chi connectivity index (χ4n) is 5.01. The fourth-order valence-corrected chi connectivity index (χ4v) is 6.26. The predicted molar refractivity (Wildman–Crippen MR) is 108 cm³/mol. The normalized spacial score (nSPS) is 25.4. The Morgan fingerprint density at radius 1 is 1.27 bits per heavy atom. The first-order chi connectivity index (χ1) is 14.6. The van der Waals surface area contributed by atoms with Gasteiger partial charge in [-0.3, -0.25) is 0 Å². The van der Waals surface area contributed by atoms with Gasteiger partial charge in [0.15, 0.2) is 0 Å². The monoisotopic (exact) mass is 600 g/mol. The van der Waals surface area contributed by atoms with E-state index in [9.17, 15) is 9.18 Å². The molecule has 3 aliphatic carbocycles. The van der Waals surface area contributed by atoms with Gasteiger partial charge in [-0.25, -0.2) is 0 Å². The zero-order valence-electron chi connectivity index (χ0n) is 16.5. The SMILES string of the molecule is COC(=O)[C@@H]1C2CCC(CC2)[C@H]1Nc1nc(-c2n[n]([Tl])c3ncccc23)ncc1F. The van der Waals surface area contributed by atoms with E-state index in [1.165, 1.54) is 7.11 Å². The van der Waals surface area contributed by atoms with Gasteiger partial charge in [-0.2, -0.15) is 0 Å². The first-order valence-electron chi connectivity index (χ1n) is 10.0. The summed E-state index contributed by atoms with van der Waals surface area (Å²) in [7, 11) is 1.41. The number of nitrogens with zero attached hydrogens (tertiary/aromatic N) is 5.